The second-order valence-corrected chi connectivity index (χ2v) is 6.45. The van der Waals surface area contributed by atoms with E-state index >= 15 is 0 Å². The van der Waals surface area contributed by atoms with Gasteiger partial charge in [-0.15, -0.1) is 0 Å². The van der Waals surface area contributed by atoms with Gasteiger partial charge in [0.1, 0.15) is 0 Å². The Morgan fingerprint density at radius 2 is 2.00 bits per heavy atom. The zero-order valence-electron chi connectivity index (χ0n) is 14.0. The molecular weight excluding hydrogens is 268 g/mol. The van der Waals surface area contributed by atoms with Gasteiger partial charge in [-0.2, -0.15) is 0 Å². The smallest absolute Gasteiger partial charge is 0.237 e. The summed E-state index contributed by atoms with van der Waals surface area (Å²) in [6.45, 7) is 9.60. The van der Waals surface area contributed by atoms with Gasteiger partial charge in [-0.3, -0.25) is 4.79 Å². The summed E-state index contributed by atoms with van der Waals surface area (Å²) in [6.07, 6.45) is 5.22. The van der Waals surface area contributed by atoms with Crippen LogP contribution in [-0.2, 0) is 14.3 Å². The van der Waals surface area contributed by atoms with E-state index in [9.17, 15) is 4.79 Å². The highest BCUT2D eigenvalue weighted by atomic mass is 16.5. The van der Waals surface area contributed by atoms with Gasteiger partial charge in [-0.1, -0.05) is 6.92 Å². The molecule has 124 valence electrons. The monoisotopic (exact) mass is 300 g/mol. The molecule has 0 aromatic rings. The van der Waals surface area contributed by atoms with Crippen molar-refractivity contribution in [2.24, 2.45) is 5.73 Å². The third kappa shape index (κ3) is 6.32. The molecule has 3 unspecified atom stereocenters. The van der Waals surface area contributed by atoms with Crippen molar-refractivity contribution in [3.63, 3.8) is 0 Å². The summed E-state index contributed by atoms with van der Waals surface area (Å²) >= 11 is 0. The Bertz CT molecular complexity index is 315. The number of ether oxygens (including phenoxy) is 2. The van der Waals surface area contributed by atoms with E-state index in [2.05, 4.69) is 26.1 Å². The molecule has 3 atom stereocenters. The first-order valence-corrected chi connectivity index (χ1v) is 8.19. The van der Waals surface area contributed by atoms with E-state index in [0.717, 1.165) is 32.2 Å². The number of primary amides is 1. The van der Waals surface area contributed by atoms with E-state index in [-0.39, 0.29) is 24.2 Å². The van der Waals surface area contributed by atoms with Crippen LogP contribution in [-0.4, -0.2) is 42.9 Å². The summed E-state index contributed by atoms with van der Waals surface area (Å²) in [4.78, 5) is 11.6. The van der Waals surface area contributed by atoms with Crippen LogP contribution in [0.25, 0.3) is 0 Å². The fourth-order valence-electron chi connectivity index (χ4n) is 2.86. The average molecular weight is 300 g/mol. The van der Waals surface area contributed by atoms with Crippen LogP contribution in [0.4, 0.5) is 0 Å². The van der Waals surface area contributed by atoms with Crippen LogP contribution in [0, 0.1) is 0 Å². The Morgan fingerprint density at radius 3 is 2.52 bits per heavy atom. The number of amides is 1. The molecule has 0 spiro atoms. The summed E-state index contributed by atoms with van der Waals surface area (Å²) in [5.74, 6) is -0.288. The van der Waals surface area contributed by atoms with E-state index in [1.807, 2.05) is 6.92 Å². The second-order valence-electron chi connectivity index (χ2n) is 6.45. The zero-order valence-corrected chi connectivity index (χ0v) is 14.0. The van der Waals surface area contributed by atoms with Gasteiger partial charge in [-0.05, 0) is 59.4 Å². The molecule has 1 heterocycles. The molecule has 0 radical (unpaired) electrons. The molecule has 21 heavy (non-hydrogen) atoms. The molecule has 0 saturated carbocycles. The van der Waals surface area contributed by atoms with Crippen LogP contribution >= 0.6 is 0 Å². The number of nitrogens with one attached hydrogen (secondary N) is 1. The van der Waals surface area contributed by atoms with Crippen molar-refractivity contribution < 1.29 is 14.3 Å². The van der Waals surface area contributed by atoms with Crippen LogP contribution in [0.3, 0.4) is 0 Å². The molecule has 1 saturated heterocycles. The second kappa shape index (κ2) is 8.71. The molecule has 3 N–H and O–H groups in total. The predicted molar refractivity (Wildman–Crippen MR) is 84.1 cm³/mol. The summed E-state index contributed by atoms with van der Waals surface area (Å²) in [5.41, 5.74) is 4.89. The minimum atomic E-state index is -0.629. The van der Waals surface area contributed by atoms with Crippen LogP contribution < -0.4 is 11.1 Å². The number of hydrogen-bond acceptors (Lipinski definition) is 4. The maximum atomic E-state index is 11.6. The van der Waals surface area contributed by atoms with Crippen molar-refractivity contribution in [1.29, 1.82) is 0 Å². The molecule has 0 aromatic heterocycles. The van der Waals surface area contributed by atoms with Gasteiger partial charge in [0.2, 0.25) is 5.91 Å². The fraction of sp³-hybridized carbons (Fsp3) is 0.938. The number of carbonyl (C=O) groups excluding carboxylic acids is 1. The van der Waals surface area contributed by atoms with Gasteiger partial charge in [0, 0.05) is 6.61 Å². The van der Waals surface area contributed by atoms with Crippen molar-refractivity contribution >= 4 is 5.91 Å². The molecule has 1 fully saturated rings. The largest absolute Gasteiger partial charge is 0.378 e. The van der Waals surface area contributed by atoms with Gasteiger partial charge < -0.3 is 20.5 Å². The lowest BCUT2D eigenvalue weighted by Gasteiger charge is -2.32. The number of carbonyl (C=O) groups is 1. The average Bonchev–Trinajstić information content (AvgIpc) is 2.40. The van der Waals surface area contributed by atoms with E-state index in [1.54, 1.807) is 0 Å². The van der Waals surface area contributed by atoms with E-state index < -0.39 is 5.54 Å². The molecule has 1 amide bonds. The maximum Gasteiger partial charge on any atom is 0.237 e. The first-order valence-electron chi connectivity index (χ1n) is 8.19. The number of rotatable bonds is 9. The quantitative estimate of drug-likeness (QED) is 0.639. The third-order valence-electron chi connectivity index (χ3n) is 4.14. The first kappa shape index (κ1) is 18.4. The molecule has 0 aliphatic carbocycles. The lowest BCUT2D eigenvalue weighted by Crippen LogP contribution is -2.53. The Morgan fingerprint density at radius 1 is 1.38 bits per heavy atom. The van der Waals surface area contributed by atoms with Crippen LogP contribution in [0.5, 0.6) is 0 Å². The third-order valence-corrected chi connectivity index (χ3v) is 4.14. The first-order chi connectivity index (χ1) is 9.87. The minimum Gasteiger partial charge on any atom is -0.378 e. The summed E-state index contributed by atoms with van der Waals surface area (Å²) in [6, 6.07) is 0. The Kier molecular flexibility index (Phi) is 7.63. The van der Waals surface area contributed by atoms with Gasteiger partial charge >= 0.3 is 0 Å². The molecule has 0 aromatic carbocycles. The van der Waals surface area contributed by atoms with E-state index in [1.165, 1.54) is 0 Å². The van der Waals surface area contributed by atoms with Gasteiger partial charge in [0.15, 0.2) is 0 Å². The van der Waals surface area contributed by atoms with Crippen LogP contribution in [0.15, 0.2) is 0 Å². The molecule has 1 aliphatic heterocycles. The van der Waals surface area contributed by atoms with Crippen molar-refractivity contribution in [2.75, 3.05) is 13.2 Å². The molecule has 5 heteroatoms. The SMILES string of the molecule is CCCNC(C)(CCCOC1CC(C)OC(C)C1)C(N)=O. The van der Waals surface area contributed by atoms with Gasteiger partial charge in [-0.25, -0.2) is 0 Å². The predicted octanol–water partition coefficient (Wildman–Crippen LogP) is 1.98. The highest BCUT2D eigenvalue weighted by molar-refractivity contribution is 5.84. The molecule has 0 bridgehead atoms. The highest BCUT2D eigenvalue weighted by Gasteiger charge is 2.30. The summed E-state index contributed by atoms with van der Waals surface area (Å²) in [7, 11) is 0. The Labute approximate surface area is 128 Å². The van der Waals surface area contributed by atoms with Crippen molar-refractivity contribution in [2.45, 2.75) is 83.6 Å². The molecular formula is C16H32N2O3. The molecule has 1 rings (SSSR count). The van der Waals surface area contributed by atoms with Crippen molar-refractivity contribution in [1.82, 2.24) is 5.32 Å². The fourth-order valence-corrected chi connectivity index (χ4v) is 2.86. The van der Waals surface area contributed by atoms with Crippen LogP contribution in [0.2, 0.25) is 0 Å². The number of nitrogens with two attached hydrogens (primary N) is 1. The minimum absolute atomic E-state index is 0.265. The van der Waals surface area contributed by atoms with Crippen molar-refractivity contribution in [3.05, 3.63) is 0 Å². The lowest BCUT2D eigenvalue weighted by atomic mass is 9.95. The highest BCUT2D eigenvalue weighted by Crippen LogP contribution is 2.22. The molecule has 1 aliphatic rings. The lowest BCUT2D eigenvalue weighted by molar-refractivity contribution is -0.124. The Balaban J connectivity index is 2.29. The van der Waals surface area contributed by atoms with Crippen molar-refractivity contribution in [3.8, 4) is 0 Å². The normalized spacial score (nSPS) is 29.0. The topological polar surface area (TPSA) is 73.6 Å². The van der Waals surface area contributed by atoms with Gasteiger partial charge in [0.05, 0.1) is 23.9 Å². The molecule has 5 nitrogen and oxygen atoms in total. The van der Waals surface area contributed by atoms with Crippen LogP contribution in [0.1, 0.15) is 59.8 Å². The summed E-state index contributed by atoms with van der Waals surface area (Å²) in [5, 5.41) is 3.25. The summed E-state index contributed by atoms with van der Waals surface area (Å²) < 4.78 is 11.6. The van der Waals surface area contributed by atoms with E-state index in [4.69, 9.17) is 15.2 Å². The Hall–Kier alpha value is -0.650. The standard InChI is InChI=1S/C16H32N2O3/c1-5-8-18-16(4,15(17)19)7-6-9-20-14-10-12(2)21-13(3)11-14/h12-14,18H,5-11H2,1-4H3,(H2,17,19). The maximum absolute atomic E-state index is 11.6. The zero-order chi connectivity index (χ0) is 15.9. The number of hydrogen-bond donors (Lipinski definition) is 2. The van der Waals surface area contributed by atoms with E-state index in [0.29, 0.717) is 13.0 Å². The van der Waals surface area contributed by atoms with Gasteiger partial charge in [0.25, 0.3) is 0 Å².